The number of rotatable bonds is 5. The lowest BCUT2D eigenvalue weighted by Gasteiger charge is -2.37. The molecule has 1 heterocycles. The van der Waals surface area contributed by atoms with E-state index in [1.54, 1.807) is 19.2 Å². The average Bonchev–Trinajstić information content (AvgIpc) is 2.61. The summed E-state index contributed by atoms with van der Waals surface area (Å²) < 4.78 is 18.4. The number of halogens is 1. The molecule has 0 radical (unpaired) electrons. The van der Waals surface area contributed by atoms with E-state index in [1.807, 2.05) is 36.0 Å². The topological polar surface area (TPSA) is 12.5 Å². The van der Waals surface area contributed by atoms with Gasteiger partial charge in [-0.3, -0.25) is 0 Å². The molecule has 1 saturated heterocycles. The fourth-order valence-corrected chi connectivity index (χ4v) is 4.48. The fourth-order valence-electron chi connectivity index (χ4n) is 3.41. The van der Waals surface area contributed by atoms with Crippen LogP contribution >= 0.6 is 11.8 Å². The highest BCUT2D eigenvalue weighted by molar-refractivity contribution is 7.99. The van der Waals surface area contributed by atoms with Gasteiger partial charge >= 0.3 is 0 Å². The zero-order valence-electron chi connectivity index (χ0n) is 14.2. The van der Waals surface area contributed by atoms with Crippen molar-refractivity contribution in [3.05, 3.63) is 59.9 Å². The standard InChI is InChI=1S/C20H24FNOS/c1-22-12-11-20(15-3-5-17(21)6-4-15)16(13-22)14-24-19-9-7-18(23-2)8-10-19/h3-10,16,20H,11-14H2,1-2H3/t16-,20-/m1/s1. The van der Waals surface area contributed by atoms with Gasteiger partial charge in [0.05, 0.1) is 7.11 Å². The first-order chi connectivity index (χ1) is 11.7. The highest BCUT2D eigenvalue weighted by Gasteiger charge is 2.29. The number of nitrogens with zero attached hydrogens (tertiary/aromatic N) is 1. The Morgan fingerprint density at radius 3 is 2.50 bits per heavy atom. The highest BCUT2D eigenvalue weighted by atomic mass is 32.2. The summed E-state index contributed by atoms with van der Waals surface area (Å²) in [5.41, 5.74) is 1.27. The molecule has 4 heteroatoms. The van der Waals surface area contributed by atoms with Crippen LogP contribution < -0.4 is 4.74 Å². The molecule has 0 spiro atoms. The molecule has 2 aromatic rings. The van der Waals surface area contributed by atoms with Gasteiger partial charge in [-0.2, -0.15) is 0 Å². The van der Waals surface area contributed by atoms with E-state index < -0.39 is 0 Å². The van der Waals surface area contributed by atoms with Gasteiger partial charge in [0, 0.05) is 17.2 Å². The van der Waals surface area contributed by atoms with Crippen LogP contribution in [0.5, 0.6) is 5.75 Å². The zero-order valence-corrected chi connectivity index (χ0v) is 15.1. The third kappa shape index (κ3) is 4.31. The summed E-state index contributed by atoms with van der Waals surface area (Å²) >= 11 is 1.89. The highest BCUT2D eigenvalue weighted by Crippen LogP contribution is 2.36. The lowest BCUT2D eigenvalue weighted by Crippen LogP contribution is -2.38. The zero-order chi connectivity index (χ0) is 16.9. The fraction of sp³-hybridized carbons (Fsp3) is 0.400. The first-order valence-corrected chi connectivity index (χ1v) is 9.35. The summed E-state index contributed by atoms with van der Waals surface area (Å²) in [6.07, 6.45) is 1.13. The van der Waals surface area contributed by atoms with Crippen LogP contribution in [0.4, 0.5) is 4.39 Å². The molecule has 0 aliphatic carbocycles. The molecule has 0 saturated carbocycles. The van der Waals surface area contributed by atoms with Crippen molar-refractivity contribution in [2.24, 2.45) is 5.92 Å². The Bertz CT molecular complexity index is 644. The Labute approximate surface area is 148 Å². The van der Waals surface area contributed by atoms with Gasteiger partial charge in [-0.25, -0.2) is 4.39 Å². The lowest BCUT2D eigenvalue weighted by atomic mass is 9.81. The van der Waals surface area contributed by atoms with Crippen LogP contribution in [0, 0.1) is 11.7 Å². The minimum atomic E-state index is -0.157. The van der Waals surface area contributed by atoms with E-state index in [0.717, 1.165) is 31.0 Å². The number of hydrogen-bond donors (Lipinski definition) is 0. The first-order valence-electron chi connectivity index (χ1n) is 8.36. The molecule has 0 amide bonds. The molecule has 2 aromatic carbocycles. The monoisotopic (exact) mass is 345 g/mol. The van der Waals surface area contributed by atoms with Crippen LogP contribution in [0.3, 0.4) is 0 Å². The van der Waals surface area contributed by atoms with E-state index in [9.17, 15) is 4.39 Å². The van der Waals surface area contributed by atoms with Gasteiger partial charge in [0.25, 0.3) is 0 Å². The molecule has 0 unspecified atom stereocenters. The Hall–Kier alpha value is -1.52. The number of hydrogen-bond acceptors (Lipinski definition) is 3. The van der Waals surface area contributed by atoms with Crippen LogP contribution in [-0.2, 0) is 0 Å². The van der Waals surface area contributed by atoms with Crippen molar-refractivity contribution >= 4 is 11.8 Å². The maximum Gasteiger partial charge on any atom is 0.123 e. The van der Waals surface area contributed by atoms with Crippen LogP contribution in [-0.4, -0.2) is 37.9 Å². The predicted molar refractivity (Wildman–Crippen MR) is 98.5 cm³/mol. The molecule has 1 fully saturated rings. The van der Waals surface area contributed by atoms with Crippen molar-refractivity contribution in [1.29, 1.82) is 0 Å². The first kappa shape index (κ1) is 17.3. The van der Waals surface area contributed by atoms with Gasteiger partial charge < -0.3 is 9.64 Å². The maximum absolute atomic E-state index is 13.2. The van der Waals surface area contributed by atoms with E-state index in [4.69, 9.17) is 4.74 Å². The van der Waals surface area contributed by atoms with E-state index in [1.165, 1.54) is 10.5 Å². The number of likely N-dealkylation sites (tertiary alicyclic amines) is 1. The largest absolute Gasteiger partial charge is 0.497 e. The Kier molecular flexibility index (Phi) is 5.80. The summed E-state index contributed by atoms with van der Waals surface area (Å²) in [6.45, 7) is 2.19. The molecular formula is C20H24FNOS. The summed E-state index contributed by atoms with van der Waals surface area (Å²) in [5, 5.41) is 0. The molecule has 2 atom stereocenters. The minimum absolute atomic E-state index is 0.157. The Morgan fingerprint density at radius 2 is 1.83 bits per heavy atom. The van der Waals surface area contributed by atoms with Gasteiger partial charge in [0.2, 0.25) is 0 Å². The van der Waals surface area contributed by atoms with Crippen LogP contribution in [0.25, 0.3) is 0 Å². The molecule has 24 heavy (non-hydrogen) atoms. The van der Waals surface area contributed by atoms with Crippen molar-refractivity contribution in [1.82, 2.24) is 4.90 Å². The molecular weight excluding hydrogens is 321 g/mol. The second-order valence-electron chi connectivity index (χ2n) is 6.46. The minimum Gasteiger partial charge on any atom is -0.497 e. The number of thioether (sulfide) groups is 1. The molecule has 0 N–H and O–H groups in total. The summed E-state index contributed by atoms with van der Waals surface area (Å²) in [4.78, 5) is 3.67. The molecule has 1 aliphatic heterocycles. The molecule has 0 bridgehead atoms. The van der Waals surface area contributed by atoms with E-state index in [2.05, 4.69) is 24.1 Å². The SMILES string of the molecule is COc1ccc(SC[C@H]2CN(C)CC[C@@H]2c2ccc(F)cc2)cc1. The van der Waals surface area contributed by atoms with Gasteiger partial charge in [-0.1, -0.05) is 12.1 Å². The number of methoxy groups -OCH3 is 1. The van der Waals surface area contributed by atoms with Crippen molar-refractivity contribution in [2.75, 3.05) is 33.0 Å². The Morgan fingerprint density at radius 1 is 1.12 bits per heavy atom. The second kappa shape index (κ2) is 8.04. The van der Waals surface area contributed by atoms with Crippen molar-refractivity contribution in [2.45, 2.75) is 17.2 Å². The average molecular weight is 345 g/mol. The van der Waals surface area contributed by atoms with Crippen molar-refractivity contribution < 1.29 is 9.13 Å². The molecule has 128 valence electrons. The quantitative estimate of drug-likeness (QED) is 0.731. The van der Waals surface area contributed by atoms with E-state index in [0.29, 0.717) is 11.8 Å². The normalized spacial score (nSPS) is 21.6. The van der Waals surface area contributed by atoms with Crippen LogP contribution in [0.1, 0.15) is 17.9 Å². The summed E-state index contributed by atoms with van der Waals surface area (Å²) in [5.74, 6) is 2.88. The second-order valence-corrected chi connectivity index (χ2v) is 7.55. The van der Waals surface area contributed by atoms with Gasteiger partial charge in [0.1, 0.15) is 11.6 Å². The van der Waals surface area contributed by atoms with Gasteiger partial charge in [-0.05, 0) is 73.8 Å². The van der Waals surface area contributed by atoms with Crippen LogP contribution in [0.2, 0.25) is 0 Å². The van der Waals surface area contributed by atoms with Crippen molar-refractivity contribution in [3.8, 4) is 5.75 Å². The summed E-state index contributed by atoms with van der Waals surface area (Å²) in [7, 11) is 3.87. The summed E-state index contributed by atoms with van der Waals surface area (Å²) in [6, 6.07) is 15.3. The number of ether oxygens (including phenoxy) is 1. The Balaban J connectivity index is 1.68. The smallest absolute Gasteiger partial charge is 0.123 e. The third-order valence-electron chi connectivity index (χ3n) is 4.76. The van der Waals surface area contributed by atoms with Gasteiger partial charge in [-0.15, -0.1) is 11.8 Å². The third-order valence-corrected chi connectivity index (χ3v) is 5.96. The molecule has 2 nitrogen and oxygen atoms in total. The lowest BCUT2D eigenvalue weighted by molar-refractivity contribution is 0.198. The van der Waals surface area contributed by atoms with Gasteiger partial charge in [0.15, 0.2) is 0 Å². The number of benzene rings is 2. The molecule has 3 rings (SSSR count). The molecule has 1 aliphatic rings. The van der Waals surface area contributed by atoms with Crippen molar-refractivity contribution in [3.63, 3.8) is 0 Å². The maximum atomic E-state index is 13.2. The van der Waals surface area contributed by atoms with E-state index >= 15 is 0 Å². The molecule has 0 aromatic heterocycles. The van der Waals surface area contributed by atoms with Crippen LogP contribution in [0.15, 0.2) is 53.4 Å². The number of piperidine rings is 1. The van der Waals surface area contributed by atoms with E-state index in [-0.39, 0.29) is 5.82 Å². The predicted octanol–water partition coefficient (Wildman–Crippen LogP) is 4.66.